The van der Waals surface area contributed by atoms with Gasteiger partial charge in [-0.1, -0.05) is 6.07 Å². The van der Waals surface area contributed by atoms with E-state index in [0.29, 0.717) is 24.9 Å². The molecular weight excluding hydrogens is 481 g/mol. The average Bonchev–Trinajstić information content (AvgIpc) is 3.27. The Bertz CT molecular complexity index is 792. The molecule has 0 radical (unpaired) electrons. The predicted octanol–water partition coefficient (Wildman–Crippen LogP) is 3.89. The van der Waals surface area contributed by atoms with Crippen molar-refractivity contribution in [2.75, 3.05) is 44.1 Å². The van der Waals surface area contributed by atoms with Gasteiger partial charge in [0.05, 0.1) is 13.7 Å². The fraction of sp³-hybridized carbons (Fsp3) is 0.429. The number of halogens is 1. The van der Waals surface area contributed by atoms with E-state index < -0.39 is 0 Å². The third-order valence-electron chi connectivity index (χ3n) is 4.65. The van der Waals surface area contributed by atoms with Crippen LogP contribution in [0, 0.1) is 0 Å². The number of methoxy groups -OCH3 is 1. The number of ether oxygens (including phenoxy) is 2. The zero-order chi connectivity index (χ0) is 19.8. The fourth-order valence-corrected chi connectivity index (χ4v) is 3.18. The second-order valence-corrected chi connectivity index (χ2v) is 6.57. The monoisotopic (exact) mass is 511 g/mol. The van der Waals surface area contributed by atoms with Crippen LogP contribution in [0.15, 0.2) is 41.5 Å². The number of guanidine groups is 1. The van der Waals surface area contributed by atoms with Crippen molar-refractivity contribution in [2.24, 2.45) is 4.99 Å². The molecule has 0 bridgehead atoms. The van der Waals surface area contributed by atoms with E-state index in [1.165, 1.54) is 12.8 Å². The summed E-state index contributed by atoms with van der Waals surface area (Å²) in [6, 6.07) is 9.92. The summed E-state index contributed by atoms with van der Waals surface area (Å²) in [5.41, 5.74) is 1.98. The Kier molecular flexibility index (Phi) is 9.30. The topological polar surface area (TPSA) is 71.0 Å². The first-order valence-electron chi connectivity index (χ1n) is 9.72. The lowest BCUT2D eigenvalue weighted by Crippen LogP contribution is -2.30. The molecule has 8 heteroatoms. The van der Waals surface area contributed by atoms with E-state index in [9.17, 15) is 0 Å². The zero-order valence-electron chi connectivity index (χ0n) is 17.3. The van der Waals surface area contributed by atoms with Gasteiger partial charge in [0.2, 0.25) is 0 Å². The van der Waals surface area contributed by atoms with Gasteiger partial charge < -0.3 is 25.0 Å². The zero-order valence-corrected chi connectivity index (χ0v) is 19.6. The highest BCUT2D eigenvalue weighted by Crippen LogP contribution is 2.30. The summed E-state index contributed by atoms with van der Waals surface area (Å²) in [5, 5.41) is 6.59. The summed E-state index contributed by atoms with van der Waals surface area (Å²) in [5.74, 6) is 3.15. The molecule has 158 valence electrons. The number of anilines is 2. The smallest absolute Gasteiger partial charge is 0.195 e. The van der Waals surface area contributed by atoms with Crippen molar-refractivity contribution in [1.82, 2.24) is 10.3 Å². The molecule has 1 aliphatic heterocycles. The Hall–Kier alpha value is -2.23. The van der Waals surface area contributed by atoms with Crippen molar-refractivity contribution in [3.05, 3.63) is 42.1 Å². The van der Waals surface area contributed by atoms with Crippen LogP contribution in [-0.2, 0) is 6.54 Å². The molecule has 0 spiro atoms. The van der Waals surface area contributed by atoms with E-state index in [0.717, 1.165) is 35.9 Å². The van der Waals surface area contributed by atoms with Crippen molar-refractivity contribution < 1.29 is 9.47 Å². The van der Waals surface area contributed by atoms with Gasteiger partial charge in [0.15, 0.2) is 17.5 Å². The standard InChI is InChI=1S/C21H29N5O2.HI/c1-4-28-18-9-8-17(13-19(18)27-3)25-21(22-2)24-15-16-7-10-20(23-14-16)26-11-5-6-12-26;/h7-10,13-14H,4-6,11-12,15H2,1-3H3,(H2,22,24,25);1H. The number of nitrogens with one attached hydrogen (secondary N) is 2. The van der Waals surface area contributed by atoms with Crippen LogP contribution in [0.25, 0.3) is 0 Å². The summed E-state index contributed by atoms with van der Waals surface area (Å²) < 4.78 is 11.0. The van der Waals surface area contributed by atoms with Gasteiger partial charge in [0, 0.05) is 44.6 Å². The molecule has 1 aromatic heterocycles. The third kappa shape index (κ3) is 6.38. The predicted molar refractivity (Wildman–Crippen MR) is 129 cm³/mol. The van der Waals surface area contributed by atoms with Crippen molar-refractivity contribution >= 4 is 41.4 Å². The maximum atomic E-state index is 5.56. The molecule has 0 aliphatic carbocycles. The normalized spacial score (nSPS) is 13.6. The summed E-state index contributed by atoms with van der Waals surface area (Å²) in [6.45, 7) is 5.39. The first kappa shape index (κ1) is 23.1. The molecule has 0 unspecified atom stereocenters. The molecule has 29 heavy (non-hydrogen) atoms. The molecule has 3 rings (SSSR count). The summed E-state index contributed by atoms with van der Waals surface area (Å²) in [4.78, 5) is 11.2. The highest BCUT2D eigenvalue weighted by Gasteiger charge is 2.13. The Morgan fingerprint density at radius 1 is 1.17 bits per heavy atom. The number of hydrogen-bond donors (Lipinski definition) is 2. The van der Waals surface area contributed by atoms with Gasteiger partial charge in [-0.05, 0) is 43.5 Å². The molecule has 1 aromatic carbocycles. The lowest BCUT2D eigenvalue weighted by Gasteiger charge is -2.17. The SMILES string of the molecule is CCOc1ccc(NC(=NC)NCc2ccc(N3CCCC3)nc2)cc1OC.I. The fourth-order valence-electron chi connectivity index (χ4n) is 3.18. The minimum atomic E-state index is 0. The van der Waals surface area contributed by atoms with E-state index >= 15 is 0 Å². The molecule has 1 aliphatic rings. The Balaban J connectivity index is 0.00000300. The van der Waals surface area contributed by atoms with Gasteiger partial charge in [-0.3, -0.25) is 4.99 Å². The van der Waals surface area contributed by atoms with Crippen molar-refractivity contribution in [3.63, 3.8) is 0 Å². The Labute approximate surface area is 189 Å². The second-order valence-electron chi connectivity index (χ2n) is 6.57. The highest BCUT2D eigenvalue weighted by atomic mass is 127. The van der Waals surface area contributed by atoms with E-state index in [1.807, 2.05) is 31.3 Å². The number of nitrogens with zero attached hydrogens (tertiary/aromatic N) is 3. The molecule has 0 amide bonds. The van der Waals surface area contributed by atoms with Gasteiger partial charge in [0.1, 0.15) is 5.82 Å². The summed E-state index contributed by atoms with van der Waals surface area (Å²) in [6.07, 6.45) is 4.43. The minimum Gasteiger partial charge on any atom is -0.493 e. The van der Waals surface area contributed by atoms with Crippen molar-refractivity contribution in [3.8, 4) is 11.5 Å². The van der Waals surface area contributed by atoms with Crippen LogP contribution in [0.5, 0.6) is 11.5 Å². The number of hydrogen-bond acceptors (Lipinski definition) is 5. The van der Waals surface area contributed by atoms with E-state index in [2.05, 4.69) is 37.6 Å². The average molecular weight is 511 g/mol. The molecule has 0 saturated carbocycles. The highest BCUT2D eigenvalue weighted by molar-refractivity contribution is 14.0. The molecule has 7 nitrogen and oxygen atoms in total. The molecule has 1 fully saturated rings. The van der Waals surface area contributed by atoms with E-state index in [1.54, 1.807) is 14.2 Å². The van der Waals surface area contributed by atoms with Gasteiger partial charge in [0.25, 0.3) is 0 Å². The van der Waals surface area contributed by atoms with Crippen LogP contribution in [0.2, 0.25) is 0 Å². The van der Waals surface area contributed by atoms with Crippen LogP contribution in [0.4, 0.5) is 11.5 Å². The second kappa shape index (κ2) is 11.7. The molecule has 2 N–H and O–H groups in total. The maximum absolute atomic E-state index is 5.56. The number of aliphatic imine (C=N–C) groups is 1. The quantitative estimate of drug-likeness (QED) is 0.334. The van der Waals surface area contributed by atoms with Gasteiger partial charge in [-0.15, -0.1) is 24.0 Å². The lowest BCUT2D eigenvalue weighted by atomic mass is 10.2. The number of aromatic nitrogens is 1. The van der Waals surface area contributed by atoms with E-state index in [4.69, 9.17) is 9.47 Å². The van der Waals surface area contributed by atoms with Gasteiger partial charge in [-0.2, -0.15) is 0 Å². The van der Waals surface area contributed by atoms with Crippen molar-refractivity contribution in [2.45, 2.75) is 26.3 Å². The molecule has 2 heterocycles. The minimum absolute atomic E-state index is 0. The molecule has 0 atom stereocenters. The van der Waals surface area contributed by atoms with Crippen LogP contribution < -0.4 is 25.0 Å². The van der Waals surface area contributed by atoms with Gasteiger partial charge >= 0.3 is 0 Å². The number of benzene rings is 1. The lowest BCUT2D eigenvalue weighted by molar-refractivity contribution is 0.311. The third-order valence-corrected chi connectivity index (χ3v) is 4.65. The Morgan fingerprint density at radius 3 is 2.59 bits per heavy atom. The van der Waals surface area contributed by atoms with Crippen LogP contribution in [0.1, 0.15) is 25.3 Å². The number of pyridine rings is 1. The van der Waals surface area contributed by atoms with Crippen molar-refractivity contribution in [1.29, 1.82) is 0 Å². The first-order chi connectivity index (χ1) is 13.7. The summed E-state index contributed by atoms with van der Waals surface area (Å²) >= 11 is 0. The van der Waals surface area contributed by atoms with Crippen LogP contribution >= 0.6 is 24.0 Å². The van der Waals surface area contributed by atoms with Crippen LogP contribution in [-0.4, -0.2) is 44.8 Å². The van der Waals surface area contributed by atoms with E-state index in [-0.39, 0.29) is 24.0 Å². The molecule has 1 saturated heterocycles. The molecular formula is C21H30IN5O2. The summed E-state index contributed by atoms with van der Waals surface area (Å²) in [7, 11) is 3.38. The molecule has 2 aromatic rings. The van der Waals surface area contributed by atoms with Gasteiger partial charge in [-0.25, -0.2) is 4.98 Å². The van der Waals surface area contributed by atoms with Crippen LogP contribution in [0.3, 0.4) is 0 Å². The first-order valence-corrected chi connectivity index (χ1v) is 9.72. The number of rotatable bonds is 7. The Morgan fingerprint density at radius 2 is 1.97 bits per heavy atom. The largest absolute Gasteiger partial charge is 0.493 e. The maximum Gasteiger partial charge on any atom is 0.195 e.